The summed E-state index contributed by atoms with van der Waals surface area (Å²) >= 11 is 0. The van der Waals surface area contributed by atoms with Gasteiger partial charge in [0.25, 0.3) is 5.92 Å². The van der Waals surface area contributed by atoms with E-state index in [1.807, 2.05) is 0 Å². The molecular formula is C21H32F2N4O5S. The van der Waals surface area contributed by atoms with Crippen molar-refractivity contribution in [1.29, 1.82) is 0 Å². The van der Waals surface area contributed by atoms with Crippen molar-refractivity contribution in [3.05, 3.63) is 23.5 Å². The van der Waals surface area contributed by atoms with E-state index in [1.54, 1.807) is 39.8 Å². The van der Waals surface area contributed by atoms with Crippen LogP contribution in [0.1, 0.15) is 40.5 Å². The Bertz CT molecular complexity index is 1010. The van der Waals surface area contributed by atoms with Gasteiger partial charge in [0, 0.05) is 44.1 Å². The van der Waals surface area contributed by atoms with Gasteiger partial charge in [0.15, 0.2) is 0 Å². The summed E-state index contributed by atoms with van der Waals surface area (Å²) in [7, 11) is -2.57. The number of halogens is 2. The standard InChI is InChI=1S/C21H32F2N4O5S/c1-19(2,3)32-18(29)26-9-8-14(16(28)12-26)15-6-7-17-20(4,24-15)25(5)33(30,31)27(17)11-13-10-21(13,22)23/h6-7,13-14,16,24,28H,8-12H2,1-5H3. The van der Waals surface area contributed by atoms with Crippen LogP contribution >= 0.6 is 0 Å². The van der Waals surface area contributed by atoms with Crippen molar-refractivity contribution in [3.63, 3.8) is 0 Å². The van der Waals surface area contributed by atoms with Crippen molar-refractivity contribution in [1.82, 2.24) is 18.8 Å². The summed E-state index contributed by atoms with van der Waals surface area (Å²) in [5.74, 6) is -4.17. The fourth-order valence-corrected chi connectivity index (χ4v) is 6.40. The molecule has 9 nitrogen and oxygen atoms in total. The highest BCUT2D eigenvalue weighted by Crippen LogP contribution is 2.51. The van der Waals surface area contributed by atoms with Crippen LogP contribution in [0.2, 0.25) is 0 Å². The van der Waals surface area contributed by atoms with Crippen LogP contribution in [0, 0.1) is 11.8 Å². The Kier molecular flexibility index (Phi) is 5.53. The number of fused-ring (bicyclic) bond motifs is 1. The Morgan fingerprint density at radius 3 is 2.52 bits per heavy atom. The number of nitrogens with one attached hydrogen (secondary N) is 1. The number of aliphatic hydroxyl groups excluding tert-OH is 1. The quantitative estimate of drug-likeness (QED) is 0.626. The number of hydrogen-bond acceptors (Lipinski definition) is 6. The van der Waals surface area contributed by atoms with Crippen LogP contribution in [0.25, 0.3) is 0 Å². The summed E-state index contributed by atoms with van der Waals surface area (Å²) in [6, 6.07) is 0. The van der Waals surface area contributed by atoms with Crippen LogP contribution < -0.4 is 5.32 Å². The highest BCUT2D eigenvalue weighted by atomic mass is 32.2. The fourth-order valence-electron chi connectivity index (χ4n) is 4.65. The van der Waals surface area contributed by atoms with E-state index in [9.17, 15) is 27.1 Å². The van der Waals surface area contributed by atoms with Crippen LogP contribution in [-0.4, -0.2) is 83.1 Å². The zero-order valence-corrected chi connectivity index (χ0v) is 20.3. The van der Waals surface area contributed by atoms with E-state index in [1.165, 1.54) is 11.9 Å². The number of piperidine rings is 1. The lowest BCUT2D eigenvalue weighted by Gasteiger charge is -2.42. The van der Waals surface area contributed by atoms with Gasteiger partial charge >= 0.3 is 16.3 Å². The Morgan fingerprint density at radius 2 is 1.97 bits per heavy atom. The van der Waals surface area contributed by atoms with Gasteiger partial charge in [-0.3, -0.25) is 4.31 Å². The van der Waals surface area contributed by atoms with Gasteiger partial charge in [-0.2, -0.15) is 12.7 Å². The van der Waals surface area contributed by atoms with Crippen LogP contribution in [-0.2, 0) is 14.9 Å². The lowest BCUT2D eigenvalue weighted by molar-refractivity contribution is -0.00876. The third-order valence-electron chi connectivity index (χ3n) is 6.81. The maximum Gasteiger partial charge on any atom is 0.410 e. The second kappa shape index (κ2) is 7.54. The van der Waals surface area contributed by atoms with Crippen molar-refractivity contribution in [2.75, 3.05) is 26.7 Å². The van der Waals surface area contributed by atoms with E-state index in [4.69, 9.17) is 4.74 Å². The number of nitrogens with zero attached hydrogens (tertiary/aromatic N) is 3. The maximum atomic E-state index is 13.5. The zero-order valence-electron chi connectivity index (χ0n) is 19.5. The average Bonchev–Trinajstić information content (AvgIpc) is 3.26. The van der Waals surface area contributed by atoms with Gasteiger partial charge in [0.2, 0.25) is 0 Å². The van der Waals surface area contributed by atoms with E-state index >= 15 is 0 Å². The van der Waals surface area contributed by atoms with E-state index < -0.39 is 45.5 Å². The fraction of sp³-hybridized carbons (Fsp3) is 0.762. The number of carbonyl (C=O) groups excluding carboxylic acids is 1. The molecule has 186 valence electrons. The number of ether oxygens (including phenoxy) is 1. The van der Waals surface area contributed by atoms with Gasteiger partial charge in [-0.05, 0) is 46.3 Å². The van der Waals surface area contributed by atoms with E-state index in [0.29, 0.717) is 24.4 Å². The molecule has 0 aromatic heterocycles. The summed E-state index contributed by atoms with van der Waals surface area (Å²) < 4.78 is 60.6. The Morgan fingerprint density at radius 1 is 1.33 bits per heavy atom. The van der Waals surface area contributed by atoms with Gasteiger partial charge in [-0.1, -0.05) is 0 Å². The molecule has 4 unspecified atom stereocenters. The van der Waals surface area contributed by atoms with Gasteiger partial charge in [-0.15, -0.1) is 0 Å². The molecule has 4 atom stereocenters. The first-order valence-electron chi connectivity index (χ1n) is 11.1. The van der Waals surface area contributed by atoms with Crippen LogP contribution in [0.4, 0.5) is 13.6 Å². The number of rotatable bonds is 3. The number of likely N-dealkylation sites (N-methyl/N-ethyl adjacent to an activating group) is 1. The third-order valence-corrected chi connectivity index (χ3v) is 8.77. The van der Waals surface area contributed by atoms with Crippen LogP contribution in [0.15, 0.2) is 23.5 Å². The lowest BCUT2D eigenvalue weighted by atomic mass is 9.87. The summed E-state index contributed by atoms with van der Waals surface area (Å²) in [5.41, 5.74) is -0.804. The van der Waals surface area contributed by atoms with Crippen molar-refractivity contribution in [3.8, 4) is 0 Å². The van der Waals surface area contributed by atoms with E-state index in [2.05, 4.69) is 5.32 Å². The second-order valence-corrected chi connectivity index (χ2v) is 12.3. The van der Waals surface area contributed by atoms with Crippen molar-refractivity contribution >= 4 is 16.3 Å². The highest BCUT2D eigenvalue weighted by Gasteiger charge is 2.62. The molecule has 33 heavy (non-hydrogen) atoms. The Hall–Kier alpha value is -1.92. The first-order chi connectivity index (χ1) is 15.1. The van der Waals surface area contributed by atoms with E-state index in [-0.39, 0.29) is 25.4 Å². The number of β-amino-alcohol motifs (C(OH)–C–C–N with tert-alkyl or cyclic N) is 1. The molecular weight excluding hydrogens is 458 g/mol. The number of allylic oxidation sites excluding steroid dienone is 2. The average molecular weight is 491 g/mol. The molecule has 0 aromatic carbocycles. The topological polar surface area (TPSA) is 102 Å². The number of amides is 1. The maximum absolute atomic E-state index is 13.5. The molecule has 4 rings (SSSR count). The largest absolute Gasteiger partial charge is 0.444 e. The highest BCUT2D eigenvalue weighted by molar-refractivity contribution is 7.87. The number of alkyl halides is 2. The summed E-state index contributed by atoms with van der Waals surface area (Å²) in [6.07, 6.45) is 2.08. The minimum absolute atomic E-state index is 0.0862. The van der Waals surface area contributed by atoms with Gasteiger partial charge in [0.05, 0.1) is 18.3 Å². The monoisotopic (exact) mass is 490 g/mol. The third kappa shape index (κ3) is 4.21. The molecule has 1 aliphatic carbocycles. The molecule has 1 amide bonds. The number of dihydropyridines is 1. The Balaban J connectivity index is 1.51. The smallest absolute Gasteiger partial charge is 0.410 e. The number of carbonyl (C=O) groups is 1. The van der Waals surface area contributed by atoms with Gasteiger partial charge in [-0.25, -0.2) is 13.6 Å². The first-order valence-corrected chi connectivity index (χ1v) is 12.5. The van der Waals surface area contributed by atoms with Gasteiger partial charge < -0.3 is 20.1 Å². The second-order valence-electron chi connectivity index (χ2n) is 10.4. The molecule has 1 saturated carbocycles. The normalized spacial score (nSPS) is 35.3. The molecule has 0 bridgehead atoms. The molecule has 0 radical (unpaired) electrons. The summed E-state index contributed by atoms with van der Waals surface area (Å²) in [4.78, 5) is 13.8. The van der Waals surface area contributed by atoms with Crippen LogP contribution in [0.5, 0.6) is 0 Å². The van der Waals surface area contributed by atoms with E-state index in [0.717, 1.165) is 8.61 Å². The van der Waals surface area contributed by atoms with Crippen molar-refractivity contribution < 1.29 is 31.8 Å². The molecule has 2 N–H and O–H groups in total. The van der Waals surface area contributed by atoms with Gasteiger partial charge in [0.1, 0.15) is 11.3 Å². The van der Waals surface area contributed by atoms with Crippen molar-refractivity contribution in [2.45, 2.75) is 63.8 Å². The molecule has 3 fully saturated rings. The number of likely N-dealkylation sites (tertiary alicyclic amines) is 1. The Labute approximate surface area is 193 Å². The summed E-state index contributed by atoms with van der Waals surface area (Å²) in [6.45, 7) is 7.18. The minimum atomic E-state index is -3.98. The molecule has 2 saturated heterocycles. The predicted molar refractivity (Wildman–Crippen MR) is 116 cm³/mol. The molecule has 0 aromatic rings. The summed E-state index contributed by atoms with van der Waals surface area (Å²) in [5, 5.41) is 14.0. The molecule has 4 aliphatic rings. The number of hydrogen-bond donors (Lipinski definition) is 2. The van der Waals surface area contributed by atoms with Crippen LogP contribution in [0.3, 0.4) is 0 Å². The molecule has 0 spiro atoms. The predicted octanol–water partition coefficient (Wildman–Crippen LogP) is 1.84. The first kappa shape index (κ1) is 24.2. The molecule has 12 heteroatoms. The molecule has 3 heterocycles. The SMILES string of the molecule is CN1C2(C)NC(C3CCN(C(=O)OC(C)(C)C)CC3O)=CC=C2N(CC2CC2(F)F)S1(=O)=O. The van der Waals surface area contributed by atoms with Crippen molar-refractivity contribution in [2.24, 2.45) is 11.8 Å². The minimum Gasteiger partial charge on any atom is -0.444 e. The molecule has 3 aliphatic heterocycles. The lowest BCUT2D eigenvalue weighted by Crippen LogP contribution is -2.57. The zero-order chi connectivity index (χ0) is 24.6. The number of aliphatic hydroxyl groups is 1.